The highest BCUT2D eigenvalue weighted by Crippen LogP contribution is 2.28. The molecule has 1 aromatic heterocycles. The van der Waals surface area contributed by atoms with Crippen LogP contribution >= 0.6 is 0 Å². The summed E-state index contributed by atoms with van der Waals surface area (Å²) < 4.78 is 15.4. The summed E-state index contributed by atoms with van der Waals surface area (Å²) in [4.78, 5) is 17.7. The van der Waals surface area contributed by atoms with Crippen LogP contribution in [0.5, 0.6) is 0 Å². The van der Waals surface area contributed by atoms with E-state index in [1.165, 1.54) is 18.6 Å². The van der Waals surface area contributed by atoms with Crippen molar-refractivity contribution in [1.29, 1.82) is 0 Å². The third kappa shape index (κ3) is 3.38. The first kappa shape index (κ1) is 17.2. The Morgan fingerprint density at radius 3 is 2.54 bits per heavy atom. The summed E-state index contributed by atoms with van der Waals surface area (Å²) in [5, 5.41) is 4.47. The maximum Gasteiger partial charge on any atom is 0.244 e. The third-order valence-corrected chi connectivity index (χ3v) is 5.41. The lowest BCUT2D eigenvalue weighted by Gasteiger charge is -2.38. The molecule has 26 heavy (non-hydrogen) atoms. The molecule has 0 spiro atoms. The number of carbonyl (C=O) groups is 1. The summed E-state index contributed by atoms with van der Waals surface area (Å²) in [5.41, 5.74) is 2.95. The molecule has 1 amide bonds. The van der Waals surface area contributed by atoms with Gasteiger partial charge in [-0.15, -0.1) is 0 Å². The maximum absolute atomic E-state index is 13.5. The Labute approximate surface area is 153 Å². The van der Waals surface area contributed by atoms with Crippen LogP contribution in [0.25, 0.3) is 0 Å². The van der Waals surface area contributed by atoms with E-state index in [-0.39, 0.29) is 17.8 Å². The van der Waals surface area contributed by atoms with Crippen LogP contribution in [-0.2, 0) is 17.9 Å². The normalized spacial score (nSPS) is 19.2. The van der Waals surface area contributed by atoms with Crippen molar-refractivity contribution in [3.8, 4) is 0 Å². The highest BCUT2D eigenvalue weighted by molar-refractivity contribution is 5.83. The zero-order valence-electron chi connectivity index (χ0n) is 15.2. The van der Waals surface area contributed by atoms with Gasteiger partial charge in [0.2, 0.25) is 5.91 Å². The molecule has 1 unspecified atom stereocenters. The first-order valence-electron chi connectivity index (χ1n) is 9.43. The average molecular weight is 356 g/mol. The lowest BCUT2D eigenvalue weighted by atomic mass is 10.00. The number of piperidine rings is 1. The fourth-order valence-corrected chi connectivity index (χ4v) is 4.10. The van der Waals surface area contributed by atoms with E-state index < -0.39 is 0 Å². The molecule has 0 N–H and O–H groups in total. The van der Waals surface area contributed by atoms with Gasteiger partial charge in [0, 0.05) is 6.54 Å². The summed E-state index contributed by atoms with van der Waals surface area (Å²) in [7, 11) is 0. The van der Waals surface area contributed by atoms with Gasteiger partial charge in [-0.1, -0.05) is 18.6 Å². The molecule has 2 aliphatic rings. The number of halogens is 1. The van der Waals surface area contributed by atoms with Crippen molar-refractivity contribution in [2.24, 2.45) is 0 Å². The van der Waals surface area contributed by atoms with Gasteiger partial charge in [0.1, 0.15) is 11.9 Å². The molecule has 0 radical (unpaired) electrons. The van der Waals surface area contributed by atoms with Gasteiger partial charge in [-0.25, -0.2) is 4.39 Å². The molecule has 1 atom stereocenters. The van der Waals surface area contributed by atoms with Gasteiger partial charge in [0.15, 0.2) is 0 Å². The molecule has 1 aromatic carbocycles. The van der Waals surface area contributed by atoms with E-state index in [0.29, 0.717) is 13.1 Å². The van der Waals surface area contributed by atoms with Crippen molar-refractivity contribution in [1.82, 2.24) is 19.6 Å². The molecule has 0 saturated carbocycles. The fraction of sp³-hybridized carbons (Fsp3) is 0.500. The Morgan fingerprint density at radius 2 is 1.81 bits per heavy atom. The highest BCUT2D eigenvalue weighted by Gasteiger charge is 2.33. The molecule has 3 heterocycles. The molecule has 0 aliphatic carbocycles. The number of hydrogen-bond acceptors (Lipinski definition) is 3. The van der Waals surface area contributed by atoms with Crippen LogP contribution in [0.15, 0.2) is 30.3 Å². The van der Waals surface area contributed by atoms with Gasteiger partial charge >= 0.3 is 0 Å². The van der Waals surface area contributed by atoms with Crippen molar-refractivity contribution in [2.45, 2.75) is 45.3 Å². The second kappa shape index (κ2) is 7.19. The number of benzene rings is 1. The molecule has 138 valence electrons. The van der Waals surface area contributed by atoms with Crippen LogP contribution in [0.4, 0.5) is 4.39 Å². The lowest BCUT2D eigenvalue weighted by molar-refractivity contribution is -0.139. The number of hydrogen-bond donors (Lipinski definition) is 0. The van der Waals surface area contributed by atoms with Crippen molar-refractivity contribution in [3.05, 3.63) is 53.1 Å². The predicted molar refractivity (Wildman–Crippen MR) is 96.9 cm³/mol. The quantitative estimate of drug-likeness (QED) is 0.849. The summed E-state index contributed by atoms with van der Waals surface area (Å²) in [6.07, 6.45) is 3.43. The molecular formula is C20H25FN4O. The smallest absolute Gasteiger partial charge is 0.244 e. The minimum atomic E-state index is -0.327. The number of likely N-dealkylation sites (tertiary alicyclic amines) is 1. The van der Waals surface area contributed by atoms with Gasteiger partial charge in [-0.05, 0) is 56.6 Å². The average Bonchev–Trinajstić information content (AvgIpc) is 3.03. The first-order chi connectivity index (χ1) is 12.6. The number of carbonyl (C=O) groups excluding carboxylic acids is 1. The standard InChI is InChI=1S/C20H25FN4O/c1-15-13-18-14-24(11-12-25(18)22-15)20(26)19(23-9-3-2-4-10-23)16-5-7-17(21)8-6-16/h5-8,13,19H,2-4,9-12,14H2,1H3. The SMILES string of the molecule is Cc1cc2n(n1)CCN(C(=O)C(c1ccc(F)cc1)N1CCCCC1)C2. The fourth-order valence-electron chi connectivity index (χ4n) is 4.10. The molecule has 0 bridgehead atoms. The minimum absolute atomic E-state index is 0.114. The van der Waals surface area contributed by atoms with Crippen LogP contribution in [0.2, 0.25) is 0 Å². The van der Waals surface area contributed by atoms with Gasteiger partial charge in [-0.3, -0.25) is 14.4 Å². The van der Waals surface area contributed by atoms with E-state index in [4.69, 9.17) is 0 Å². The molecule has 2 aliphatic heterocycles. The van der Waals surface area contributed by atoms with Gasteiger partial charge < -0.3 is 4.90 Å². The van der Waals surface area contributed by atoms with Crippen molar-refractivity contribution in [2.75, 3.05) is 19.6 Å². The summed E-state index contributed by atoms with van der Waals surface area (Å²) >= 11 is 0. The number of aromatic nitrogens is 2. The van der Waals surface area contributed by atoms with Crippen molar-refractivity contribution < 1.29 is 9.18 Å². The number of nitrogens with zero attached hydrogens (tertiary/aromatic N) is 4. The predicted octanol–water partition coefficient (Wildman–Crippen LogP) is 2.90. The van der Waals surface area contributed by atoms with Crippen LogP contribution in [0, 0.1) is 12.7 Å². The molecule has 5 nitrogen and oxygen atoms in total. The van der Waals surface area contributed by atoms with Crippen LogP contribution < -0.4 is 0 Å². The number of rotatable bonds is 3. The minimum Gasteiger partial charge on any atom is -0.333 e. The van der Waals surface area contributed by atoms with Gasteiger partial charge in [0.05, 0.1) is 24.5 Å². The Morgan fingerprint density at radius 1 is 1.08 bits per heavy atom. The van der Waals surface area contributed by atoms with Crippen LogP contribution in [0.3, 0.4) is 0 Å². The largest absolute Gasteiger partial charge is 0.333 e. The molecule has 2 aromatic rings. The Balaban J connectivity index is 1.60. The second-order valence-corrected chi connectivity index (χ2v) is 7.31. The van der Waals surface area contributed by atoms with E-state index in [0.717, 1.165) is 49.4 Å². The summed E-state index contributed by atoms with van der Waals surface area (Å²) in [6.45, 7) is 5.79. The molecule has 1 fully saturated rings. The molecular weight excluding hydrogens is 331 g/mol. The maximum atomic E-state index is 13.5. The van der Waals surface area contributed by atoms with Crippen molar-refractivity contribution >= 4 is 5.91 Å². The lowest BCUT2D eigenvalue weighted by Crippen LogP contribution is -2.47. The van der Waals surface area contributed by atoms with Gasteiger partial charge in [0.25, 0.3) is 0 Å². The van der Waals surface area contributed by atoms with Gasteiger partial charge in [-0.2, -0.15) is 5.10 Å². The summed E-state index contributed by atoms with van der Waals surface area (Å²) in [5.74, 6) is -0.153. The number of aryl methyl sites for hydroxylation is 1. The highest BCUT2D eigenvalue weighted by atomic mass is 19.1. The molecule has 6 heteroatoms. The third-order valence-electron chi connectivity index (χ3n) is 5.41. The zero-order chi connectivity index (χ0) is 18.1. The zero-order valence-corrected chi connectivity index (χ0v) is 15.2. The Bertz CT molecular complexity index is 780. The Hall–Kier alpha value is -2.21. The Kier molecular flexibility index (Phi) is 4.76. The summed E-state index contributed by atoms with van der Waals surface area (Å²) in [6, 6.07) is 8.14. The first-order valence-corrected chi connectivity index (χ1v) is 9.43. The molecule has 1 saturated heterocycles. The van der Waals surface area contributed by atoms with E-state index >= 15 is 0 Å². The topological polar surface area (TPSA) is 41.4 Å². The van der Waals surface area contributed by atoms with Crippen LogP contribution in [0.1, 0.15) is 42.3 Å². The van der Waals surface area contributed by atoms with E-state index in [1.807, 2.05) is 22.6 Å². The monoisotopic (exact) mass is 356 g/mol. The number of fused-ring (bicyclic) bond motifs is 1. The second-order valence-electron chi connectivity index (χ2n) is 7.31. The van der Waals surface area contributed by atoms with E-state index in [2.05, 4.69) is 10.00 Å². The van der Waals surface area contributed by atoms with E-state index in [1.54, 1.807) is 12.1 Å². The van der Waals surface area contributed by atoms with E-state index in [9.17, 15) is 9.18 Å². The van der Waals surface area contributed by atoms with Crippen LogP contribution in [-0.4, -0.2) is 45.1 Å². The molecule has 4 rings (SSSR count). The van der Waals surface area contributed by atoms with Crippen molar-refractivity contribution in [3.63, 3.8) is 0 Å². The number of amides is 1.